The zero-order chi connectivity index (χ0) is 21.6. The minimum Gasteiger partial charge on any atom is -0.368 e. The number of aromatic nitrogens is 3. The summed E-state index contributed by atoms with van der Waals surface area (Å²) in [6.07, 6.45) is 2.85. The van der Waals surface area contributed by atoms with Crippen LogP contribution >= 0.6 is 0 Å². The number of amides is 2. The summed E-state index contributed by atoms with van der Waals surface area (Å²) in [4.78, 5) is 56.9. The van der Waals surface area contributed by atoms with E-state index in [1.165, 1.54) is 42.1 Å². The van der Waals surface area contributed by atoms with E-state index in [0.717, 1.165) is 23.8 Å². The number of carbonyl (C=O) groups excluding carboxylic acids is 2. The van der Waals surface area contributed by atoms with Gasteiger partial charge in [0, 0.05) is 19.3 Å². The predicted molar refractivity (Wildman–Crippen MR) is 105 cm³/mol. The van der Waals surface area contributed by atoms with E-state index in [0.29, 0.717) is 0 Å². The SMILES string of the molecule is CN(C(=O)c1cnc2c(c1)c(=O)[nH]c(=O)n2C1CC1)C(C(N)=O)c1cccc(F)c1. The number of carbonyl (C=O) groups is 2. The van der Waals surface area contributed by atoms with Crippen LogP contribution in [0.15, 0.2) is 46.1 Å². The lowest BCUT2D eigenvalue weighted by atomic mass is 10.0. The fourth-order valence-corrected chi connectivity index (χ4v) is 3.50. The fraction of sp³-hybridized carbons (Fsp3) is 0.250. The molecule has 0 saturated heterocycles. The van der Waals surface area contributed by atoms with E-state index in [1.807, 2.05) is 0 Å². The predicted octanol–water partition coefficient (Wildman–Crippen LogP) is 0.857. The van der Waals surface area contributed by atoms with Gasteiger partial charge in [-0.2, -0.15) is 0 Å². The van der Waals surface area contributed by atoms with Crippen LogP contribution in [0.5, 0.6) is 0 Å². The number of rotatable bonds is 5. The molecule has 1 aromatic carbocycles. The lowest BCUT2D eigenvalue weighted by molar-refractivity contribution is -0.122. The van der Waals surface area contributed by atoms with E-state index >= 15 is 0 Å². The molecular formula is C20H18FN5O4. The van der Waals surface area contributed by atoms with Crippen molar-refractivity contribution in [3.05, 3.63) is 74.3 Å². The summed E-state index contributed by atoms with van der Waals surface area (Å²) in [7, 11) is 1.35. The van der Waals surface area contributed by atoms with Gasteiger partial charge in [0.1, 0.15) is 17.5 Å². The fourth-order valence-electron chi connectivity index (χ4n) is 3.50. The maximum atomic E-state index is 13.6. The van der Waals surface area contributed by atoms with Crippen LogP contribution in [0.4, 0.5) is 4.39 Å². The zero-order valence-electron chi connectivity index (χ0n) is 16.0. The van der Waals surface area contributed by atoms with Crippen LogP contribution in [-0.4, -0.2) is 38.3 Å². The van der Waals surface area contributed by atoms with Crippen LogP contribution in [0, 0.1) is 5.82 Å². The molecule has 3 N–H and O–H groups in total. The number of aromatic amines is 1. The van der Waals surface area contributed by atoms with Gasteiger partial charge in [0.25, 0.3) is 11.5 Å². The Morgan fingerprint density at radius 1 is 1.30 bits per heavy atom. The highest BCUT2D eigenvalue weighted by Crippen LogP contribution is 2.34. The number of primary amides is 1. The Balaban J connectivity index is 1.76. The topological polar surface area (TPSA) is 131 Å². The zero-order valence-corrected chi connectivity index (χ0v) is 16.0. The molecule has 1 fully saturated rings. The molecule has 0 radical (unpaired) electrons. The highest BCUT2D eigenvalue weighted by molar-refractivity contribution is 5.99. The smallest absolute Gasteiger partial charge is 0.330 e. The summed E-state index contributed by atoms with van der Waals surface area (Å²) in [5.74, 6) is -2.05. The molecule has 3 aromatic rings. The monoisotopic (exact) mass is 411 g/mol. The first kappa shape index (κ1) is 19.5. The molecule has 1 aliphatic carbocycles. The Morgan fingerprint density at radius 2 is 2.03 bits per heavy atom. The lowest BCUT2D eigenvalue weighted by Crippen LogP contribution is -2.39. The Hall–Kier alpha value is -3.82. The summed E-state index contributed by atoms with van der Waals surface area (Å²) < 4.78 is 15.0. The first-order valence-electron chi connectivity index (χ1n) is 9.24. The van der Waals surface area contributed by atoms with Crippen molar-refractivity contribution in [3.63, 3.8) is 0 Å². The number of halogens is 1. The van der Waals surface area contributed by atoms with Crippen molar-refractivity contribution < 1.29 is 14.0 Å². The number of nitrogens with two attached hydrogens (primary N) is 1. The second-order valence-electron chi connectivity index (χ2n) is 7.23. The van der Waals surface area contributed by atoms with Gasteiger partial charge in [0.05, 0.1) is 10.9 Å². The van der Waals surface area contributed by atoms with Crippen LogP contribution in [0.2, 0.25) is 0 Å². The molecular weight excluding hydrogens is 393 g/mol. The Kier molecular flexibility index (Phi) is 4.69. The third-order valence-corrected chi connectivity index (χ3v) is 5.08. The number of fused-ring (bicyclic) bond motifs is 1. The van der Waals surface area contributed by atoms with Gasteiger partial charge in [-0.25, -0.2) is 14.2 Å². The molecule has 0 spiro atoms. The molecule has 2 heterocycles. The largest absolute Gasteiger partial charge is 0.368 e. The summed E-state index contributed by atoms with van der Waals surface area (Å²) in [5, 5.41) is 0.0853. The van der Waals surface area contributed by atoms with E-state index < -0.39 is 34.9 Å². The number of hydrogen-bond acceptors (Lipinski definition) is 5. The van der Waals surface area contributed by atoms with Crippen LogP contribution < -0.4 is 17.0 Å². The molecule has 0 bridgehead atoms. The summed E-state index contributed by atoms with van der Waals surface area (Å²) >= 11 is 0. The van der Waals surface area contributed by atoms with Crippen LogP contribution in [0.3, 0.4) is 0 Å². The summed E-state index contributed by atoms with van der Waals surface area (Å²) in [5.41, 5.74) is 4.70. The van der Waals surface area contributed by atoms with Gasteiger partial charge in [-0.15, -0.1) is 0 Å². The van der Waals surface area contributed by atoms with Crippen molar-refractivity contribution in [2.45, 2.75) is 24.9 Å². The standard InChI is InChI=1S/C20H18FN5O4/c1-25(15(16(22)27)10-3-2-4-12(21)7-10)19(29)11-8-14-17(23-9-11)26(13-5-6-13)20(30)24-18(14)28/h2-4,7-9,13,15H,5-6H2,1H3,(H2,22,27)(H,24,28,30). The van der Waals surface area contributed by atoms with Gasteiger partial charge in [-0.05, 0) is 36.6 Å². The van der Waals surface area contributed by atoms with Crippen molar-refractivity contribution in [2.24, 2.45) is 5.73 Å². The minimum absolute atomic E-state index is 0.0270. The number of hydrogen-bond donors (Lipinski definition) is 2. The average molecular weight is 411 g/mol. The van der Waals surface area contributed by atoms with Crippen molar-refractivity contribution in [1.82, 2.24) is 19.4 Å². The number of H-pyrrole nitrogens is 1. The van der Waals surface area contributed by atoms with E-state index in [2.05, 4.69) is 9.97 Å². The molecule has 10 heteroatoms. The Bertz CT molecular complexity index is 1290. The highest BCUT2D eigenvalue weighted by atomic mass is 19.1. The highest BCUT2D eigenvalue weighted by Gasteiger charge is 2.30. The molecule has 1 saturated carbocycles. The molecule has 1 atom stereocenters. The molecule has 2 amide bonds. The number of benzene rings is 1. The third-order valence-electron chi connectivity index (χ3n) is 5.08. The van der Waals surface area contributed by atoms with E-state index in [9.17, 15) is 23.6 Å². The maximum Gasteiger partial charge on any atom is 0.330 e. The Labute approximate surface area is 168 Å². The molecule has 2 aromatic heterocycles. The second-order valence-corrected chi connectivity index (χ2v) is 7.23. The number of likely N-dealkylation sites (N-methyl/N-ethyl adjacent to an activating group) is 1. The Morgan fingerprint density at radius 3 is 2.67 bits per heavy atom. The first-order chi connectivity index (χ1) is 14.3. The molecule has 0 aliphatic heterocycles. The van der Waals surface area contributed by atoms with Crippen LogP contribution in [0.25, 0.3) is 11.0 Å². The molecule has 30 heavy (non-hydrogen) atoms. The minimum atomic E-state index is -1.22. The third kappa shape index (κ3) is 3.36. The van der Waals surface area contributed by atoms with Crippen molar-refractivity contribution in [3.8, 4) is 0 Å². The van der Waals surface area contributed by atoms with Gasteiger partial charge in [0.2, 0.25) is 5.91 Å². The van der Waals surface area contributed by atoms with Crippen LogP contribution in [0.1, 0.15) is 40.8 Å². The summed E-state index contributed by atoms with van der Waals surface area (Å²) in [6, 6.07) is 5.30. The van der Waals surface area contributed by atoms with Gasteiger partial charge in [-0.3, -0.25) is 23.9 Å². The van der Waals surface area contributed by atoms with Gasteiger partial charge >= 0.3 is 5.69 Å². The first-order valence-corrected chi connectivity index (χ1v) is 9.24. The molecule has 9 nitrogen and oxygen atoms in total. The van der Waals surface area contributed by atoms with E-state index in [1.54, 1.807) is 0 Å². The number of nitrogens with one attached hydrogen (secondary N) is 1. The number of pyridine rings is 1. The molecule has 1 unspecified atom stereocenters. The number of nitrogens with zero attached hydrogens (tertiary/aromatic N) is 3. The summed E-state index contributed by atoms with van der Waals surface area (Å²) in [6.45, 7) is 0. The molecule has 1 aliphatic rings. The van der Waals surface area contributed by atoms with E-state index in [-0.39, 0.29) is 28.2 Å². The average Bonchev–Trinajstić information content (AvgIpc) is 3.52. The quantitative estimate of drug-likeness (QED) is 0.643. The maximum absolute atomic E-state index is 13.6. The van der Waals surface area contributed by atoms with E-state index in [4.69, 9.17) is 5.73 Å². The van der Waals surface area contributed by atoms with Crippen molar-refractivity contribution in [1.29, 1.82) is 0 Å². The second kappa shape index (κ2) is 7.21. The van der Waals surface area contributed by atoms with Gasteiger partial charge in [-0.1, -0.05) is 12.1 Å². The normalized spacial score (nSPS) is 14.5. The van der Waals surface area contributed by atoms with Gasteiger partial charge in [0.15, 0.2) is 0 Å². The van der Waals surface area contributed by atoms with Crippen molar-refractivity contribution in [2.75, 3.05) is 7.05 Å². The molecule has 4 rings (SSSR count). The van der Waals surface area contributed by atoms with Crippen LogP contribution in [-0.2, 0) is 4.79 Å². The van der Waals surface area contributed by atoms with Gasteiger partial charge < -0.3 is 10.6 Å². The molecule has 154 valence electrons. The lowest BCUT2D eigenvalue weighted by Gasteiger charge is -2.26. The van der Waals surface area contributed by atoms with Crippen molar-refractivity contribution >= 4 is 22.8 Å².